The van der Waals surface area contributed by atoms with Gasteiger partial charge in [0.1, 0.15) is 10.1 Å². The molecule has 0 unspecified atom stereocenters. The highest BCUT2D eigenvalue weighted by molar-refractivity contribution is 8.26. The molecule has 3 aromatic rings. The second kappa shape index (κ2) is 9.25. The Kier molecular flexibility index (Phi) is 6.45. The van der Waals surface area contributed by atoms with Gasteiger partial charge in [0.2, 0.25) is 5.91 Å². The van der Waals surface area contributed by atoms with Crippen LogP contribution < -0.4 is 5.32 Å². The number of benzene rings is 2. The number of rotatable bonds is 6. The van der Waals surface area contributed by atoms with Crippen LogP contribution in [0.5, 0.6) is 0 Å². The first kappa shape index (κ1) is 21.6. The van der Waals surface area contributed by atoms with Gasteiger partial charge in [-0.3, -0.25) is 14.5 Å². The molecule has 2 aromatic carbocycles. The summed E-state index contributed by atoms with van der Waals surface area (Å²) in [6, 6.07) is 12.2. The fraction of sp³-hybridized carbons (Fsp3) is 0.182. The van der Waals surface area contributed by atoms with Crippen molar-refractivity contribution < 1.29 is 14.0 Å². The van der Waals surface area contributed by atoms with Gasteiger partial charge in [0.05, 0.1) is 15.1 Å². The summed E-state index contributed by atoms with van der Waals surface area (Å²) < 4.78 is 14.5. The number of halogens is 1. The molecule has 2 heterocycles. The van der Waals surface area contributed by atoms with E-state index in [4.69, 9.17) is 12.2 Å². The lowest BCUT2D eigenvalue weighted by Crippen LogP contribution is -2.29. The van der Waals surface area contributed by atoms with E-state index in [1.165, 1.54) is 40.1 Å². The molecule has 5 nitrogen and oxygen atoms in total. The number of carbonyl (C=O) groups excluding carboxylic acids is 2. The highest BCUT2D eigenvalue weighted by atomic mass is 32.2. The van der Waals surface area contributed by atoms with E-state index in [-0.39, 0.29) is 24.1 Å². The first-order valence-corrected chi connectivity index (χ1v) is 11.6. The molecule has 1 aliphatic rings. The van der Waals surface area contributed by atoms with Gasteiger partial charge >= 0.3 is 0 Å². The van der Waals surface area contributed by atoms with Crippen LogP contribution in [0, 0.1) is 12.7 Å². The van der Waals surface area contributed by atoms with Gasteiger partial charge in [0, 0.05) is 13.0 Å². The van der Waals surface area contributed by atoms with Gasteiger partial charge in [-0.15, -0.1) is 0 Å². The normalized spacial score (nSPS) is 15.3. The molecule has 1 fully saturated rings. The summed E-state index contributed by atoms with van der Waals surface area (Å²) in [4.78, 5) is 31.3. The molecule has 0 atom stereocenters. The van der Waals surface area contributed by atoms with Gasteiger partial charge in [-0.05, 0) is 43.2 Å². The number of nitrogens with zero attached hydrogens (tertiary/aromatic N) is 2. The number of thioether (sulfide) groups is 1. The first-order valence-electron chi connectivity index (χ1n) is 9.57. The lowest BCUT2D eigenvalue weighted by molar-refractivity contribution is -0.122. The van der Waals surface area contributed by atoms with E-state index in [1.807, 2.05) is 37.3 Å². The Morgan fingerprint density at radius 3 is 2.81 bits per heavy atom. The zero-order valence-electron chi connectivity index (χ0n) is 16.6. The van der Waals surface area contributed by atoms with Crippen molar-refractivity contribution in [1.82, 2.24) is 9.88 Å². The standard InChI is InChI=1S/C22H18FN3O2S3/c1-13-4-6-14(7-5-13)11-18-20(28)26(22(29)31-18)10-2-3-19(27)25-21-24-16-9-8-15(23)12-17(16)30-21/h4-9,11-12H,2-3,10H2,1H3,(H,24,25,27)/b18-11-. The molecular weight excluding hydrogens is 453 g/mol. The molecule has 4 rings (SSSR count). The van der Waals surface area contributed by atoms with Gasteiger partial charge in [0.25, 0.3) is 5.91 Å². The predicted molar refractivity (Wildman–Crippen MR) is 128 cm³/mol. The third kappa shape index (κ3) is 5.17. The third-order valence-electron chi connectivity index (χ3n) is 4.63. The maximum absolute atomic E-state index is 13.3. The molecule has 1 aromatic heterocycles. The largest absolute Gasteiger partial charge is 0.302 e. The van der Waals surface area contributed by atoms with Crippen LogP contribution in [-0.2, 0) is 9.59 Å². The zero-order chi connectivity index (χ0) is 22.0. The number of hydrogen-bond donors (Lipinski definition) is 1. The molecule has 31 heavy (non-hydrogen) atoms. The number of fused-ring (bicyclic) bond motifs is 1. The summed E-state index contributed by atoms with van der Waals surface area (Å²) in [5.74, 6) is -0.682. The van der Waals surface area contributed by atoms with E-state index in [9.17, 15) is 14.0 Å². The van der Waals surface area contributed by atoms with Crippen LogP contribution in [0.15, 0.2) is 47.4 Å². The lowest BCUT2D eigenvalue weighted by Gasteiger charge is -2.13. The molecular formula is C22H18FN3O2S3. The Bertz CT molecular complexity index is 1200. The first-order chi connectivity index (χ1) is 14.9. The number of thiocarbonyl (C=S) groups is 1. The van der Waals surface area contributed by atoms with Crippen molar-refractivity contribution in [1.29, 1.82) is 0 Å². The van der Waals surface area contributed by atoms with Crippen molar-refractivity contribution in [3.63, 3.8) is 0 Å². The topological polar surface area (TPSA) is 62.3 Å². The van der Waals surface area contributed by atoms with Gasteiger partial charge < -0.3 is 5.32 Å². The maximum Gasteiger partial charge on any atom is 0.266 e. The average Bonchev–Trinajstić information content (AvgIpc) is 3.24. The van der Waals surface area contributed by atoms with Gasteiger partial charge in [0.15, 0.2) is 5.13 Å². The number of aryl methyl sites for hydroxylation is 1. The van der Waals surface area contributed by atoms with E-state index in [0.29, 0.717) is 37.5 Å². The number of nitrogens with one attached hydrogen (secondary N) is 1. The quantitative estimate of drug-likeness (QED) is 0.387. The highest BCUT2D eigenvalue weighted by Crippen LogP contribution is 2.33. The van der Waals surface area contributed by atoms with Crippen LogP contribution in [-0.4, -0.2) is 32.6 Å². The van der Waals surface area contributed by atoms with E-state index in [0.717, 1.165) is 11.1 Å². The Balaban J connectivity index is 1.31. The Morgan fingerprint density at radius 2 is 2.03 bits per heavy atom. The molecule has 0 aliphatic carbocycles. The van der Waals surface area contributed by atoms with Crippen LogP contribution in [0.2, 0.25) is 0 Å². The van der Waals surface area contributed by atoms with Crippen molar-refractivity contribution in [2.75, 3.05) is 11.9 Å². The summed E-state index contributed by atoms with van der Waals surface area (Å²) in [6.45, 7) is 2.38. The van der Waals surface area contributed by atoms with Crippen molar-refractivity contribution >= 4 is 72.9 Å². The summed E-state index contributed by atoms with van der Waals surface area (Å²) >= 11 is 7.85. The molecule has 0 radical (unpaired) electrons. The van der Waals surface area contributed by atoms with Gasteiger partial charge in [-0.1, -0.05) is 65.1 Å². The summed E-state index contributed by atoms with van der Waals surface area (Å²) in [7, 11) is 0. The molecule has 2 amide bonds. The van der Waals surface area contributed by atoms with Crippen molar-refractivity contribution in [2.45, 2.75) is 19.8 Å². The molecule has 0 spiro atoms. The van der Waals surface area contributed by atoms with E-state index >= 15 is 0 Å². The zero-order valence-corrected chi connectivity index (χ0v) is 19.0. The highest BCUT2D eigenvalue weighted by Gasteiger charge is 2.31. The van der Waals surface area contributed by atoms with Crippen LogP contribution in [0.1, 0.15) is 24.0 Å². The summed E-state index contributed by atoms with van der Waals surface area (Å²) in [5.41, 5.74) is 2.74. The number of amides is 2. The smallest absolute Gasteiger partial charge is 0.266 e. The van der Waals surface area contributed by atoms with Crippen molar-refractivity contribution in [2.24, 2.45) is 0 Å². The second-order valence-electron chi connectivity index (χ2n) is 7.03. The SMILES string of the molecule is Cc1ccc(/C=C2\SC(=S)N(CCCC(=O)Nc3nc4ccc(F)cc4s3)C2=O)cc1. The van der Waals surface area contributed by atoms with Crippen LogP contribution in [0.3, 0.4) is 0 Å². The molecule has 0 saturated carbocycles. The van der Waals surface area contributed by atoms with E-state index in [2.05, 4.69) is 10.3 Å². The molecule has 0 bridgehead atoms. The minimum absolute atomic E-state index is 0.135. The Hall–Kier alpha value is -2.62. The average molecular weight is 472 g/mol. The van der Waals surface area contributed by atoms with E-state index < -0.39 is 0 Å². The minimum Gasteiger partial charge on any atom is -0.302 e. The fourth-order valence-electron chi connectivity index (χ4n) is 3.04. The lowest BCUT2D eigenvalue weighted by atomic mass is 10.1. The van der Waals surface area contributed by atoms with Crippen molar-refractivity contribution in [3.05, 3.63) is 64.3 Å². The maximum atomic E-state index is 13.3. The number of thiazole rings is 1. The number of carbonyl (C=O) groups is 2. The Morgan fingerprint density at radius 1 is 1.26 bits per heavy atom. The fourth-order valence-corrected chi connectivity index (χ4v) is 5.25. The van der Waals surface area contributed by atoms with Gasteiger partial charge in [-0.25, -0.2) is 9.37 Å². The molecule has 9 heteroatoms. The Labute approximate surface area is 192 Å². The van der Waals surface area contributed by atoms with Gasteiger partial charge in [-0.2, -0.15) is 0 Å². The number of anilines is 1. The predicted octanol–water partition coefficient (Wildman–Crippen LogP) is 5.36. The molecule has 1 saturated heterocycles. The molecule has 158 valence electrons. The number of hydrogen-bond acceptors (Lipinski definition) is 6. The van der Waals surface area contributed by atoms with Crippen LogP contribution in [0.4, 0.5) is 9.52 Å². The molecule has 1 aliphatic heterocycles. The minimum atomic E-state index is -0.339. The van der Waals surface area contributed by atoms with Crippen molar-refractivity contribution in [3.8, 4) is 0 Å². The third-order valence-corrected chi connectivity index (χ3v) is 6.94. The number of aromatic nitrogens is 1. The molecule has 1 N–H and O–H groups in total. The summed E-state index contributed by atoms with van der Waals surface area (Å²) in [5, 5.41) is 3.17. The van der Waals surface area contributed by atoms with Crippen LogP contribution in [0.25, 0.3) is 16.3 Å². The summed E-state index contributed by atoms with van der Waals surface area (Å²) in [6.07, 6.45) is 2.52. The second-order valence-corrected chi connectivity index (χ2v) is 9.73. The van der Waals surface area contributed by atoms with Crippen LogP contribution >= 0.6 is 35.3 Å². The van der Waals surface area contributed by atoms with E-state index in [1.54, 1.807) is 6.07 Å². The monoisotopic (exact) mass is 471 g/mol.